The van der Waals surface area contributed by atoms with Gasteiger partial charge in [0.25, 0.3) is 0 Å². The highest BCUT2D eigenvalue weighted by atomic mass is 35.5. The predicted molar refractivity (Wildman–Crippen MR) is 53.7 cm³/mol. The highest BCUT2D eigenvalue weighted by Crippen LogP contribution is 2.19. The fourth-order valence-corrected chi connectivity index (χ4v) is 3.04. The van der Waals surface area contributed by atoms with Crippen LogP contribution in [0, 0.1) is 0 Å². The highest BCUT2D eigenvalue weighted by molar-refractivity contribution is 8.00. The standard InChI is InChI=1S/C10H10N2S.ClH/c1-2-4-8-7(3-1)10-9(5-11-8)13-6-12-10;/h1-4,9,12H,5-6H2;1H. The summed E-state index contributed by atoms with van der Waals surface area (Å²) in [6.07, 6.45) is 0. The molecule has 0 aliphatic carbocycles. The van der Waals surface area contributed by atoms with Gasteiger partial charge in [0.2, 0.25) is 0 Å². The fraction of sp³-hybridized carbons (Fsp3) is 0.300. The molecular formula is C10H11ClN2S. The Morgan fingerprint density at radius 3 is 3.14 bits per heavy atom. The largest absolute Gasteiger partial charge is 1.00 e. The zero-order valence-corrected chi connectivity index (χ0v) is 9.18. The van der Waals surface area contributed by atoms with Crippen LogP contribution in [0.4, 0.5) is 0 Å². The molecule has 74 valence electrons. The summed E-state index contributed by atoms with van der Waals surface area (Å²) in [7, 11) is 0. The molecule has 1 atom stereocenters. The van der Waals surface area contributed by atoms with Gasteiger partial charge in [0.1, 0.15) is 16.8 Å². The summed E-state index contributed by atoms with van der Waals surface area (Å²) in [4.78, 5) is 4.57. The molecule has 0 amide bonds. The van der Waals surface area contributed by atoms with Gasteiger partial charge in [-0.25, -0.2) is 0 Å². The summed E-state index contributed by atoms with van der Waals surface area (Å²) in [5.74, 6) is 1.16. The van der Waals surface area contributed by atoms with E-state index in [1.54, 1.807) is 0 Å². The number of nitrogens with zero attached hydrogens (tertiary/aromatic N) is 1. The Kier molecular flexibility index (Phi) is 2.81. The van der Waals surface area contributed by atoms with E-state index in [0.29, 0.717) is 5.25 Å². The molecule has 0 spiro atoms. The van der Waals surface area contributed by atoms with E-state index in [1.165, 1.54) is 16.3 Å². The molecule has 1 fully saturated rings. The van der Waals surface area contributed by atoms with Gasteiger partial charge in [0.05, 0.1) is 17.1 Å². The molecule has 1 unspecified atom stereocenters. The number of rotatable bonds is 0. The van der Waals surface area contributed by atoms with Crippen molar-refractivity contribution in [3.63, 3.8) is 0 Å². The first-order chi connectivity index (χ1) is 6.45. The maximum atomic E-state index is 4.57. The molecule has 3 rings (SSSR count). The van der Waals surface area contributed by atoms with Crippen molar-refractivity contribution >= 4 is 17.5 Å². The second-order valence-electron chi connectivity index (χ2n) is 3.34. The van der Waals surface area contributed by atoms with Crippen LogP contribution >= 0.6 is 11.8 Å². The Bertz CT molecular complexity index is 457. The number of para-hydroxylation sites is 1. The predicted octanol–water partition coefficient (Wildman–Crippen LogP) is -3.93. The summed E-state index contributed by atoms with van der Waals surface area (Å²) in [5, 5.41) is 5.51. The second-order valence-corrected chi connectivity index (χ2v) is 4.57. The second kappa shape index (κ2) is 3.93. The van der Waals surface area contributed by atoms with E-state index >= 15 is 0 Å². The Morgan fingerprint density at radius 2 is 2.21 bits per heavy atom. The molecular weight excluding hydrogens is 216 g/mol. The van der Waals surface area contributed by atoms with E-state index < -0.39 is 0 Å². The molecule has 2 nitrogen and oxygen atoms in total. The van der Waals surface area contributed by atoms with Crippen LogP contribution in [0.15, 0.2) is 29.3 Å². The van der Waals surface area contributed by atoms with Crippen molar-refractivity contribution in [3.05, 3.63) is 34.8 Å². The molecule has 0 saturated carbocycles. The lowest BCUT2D eigenvalue weighted by Crippen LogP contribution is -3.00. The number of nitrogens with two attached hydrogens (primary N) is 1. The van der Waals surface area contributed by atoms with Crippen molar-refractivity contribution in [2.45, 2.75) is 5.25 Å². The monoisotopic (exact) mass is 226 g/mol. The Labute approximate surface area is 92.9 Å². The van der Waals surface area contributed by atoms with Crippen LogP contribution in [-0.4, -0.2) is 17.7 Å². The Hall–Kier alpha value is -0.510. The summed E-state index contributed by atoms with van der Waals surface area (Å²) in [5.41, 5.74) is 1.51. The average Bonchev–Trinajstić information content (AvgIpc) is 2.65. The molecule has 2 heterocycles. The van der Waals surface area contributed by atoms with Gasteiger partial charge in [-0.1, -0.05) is 23.9 Å². The van der Waals surface area contributed by atoms with Crippen molar-refractivity contribution in [2.24, 2.45) is 4.99 Å². The van der Waals surface area contributed by atoms with Gasteiger partial charge in [0, 0.05) is 0 Å². The third-order valence-electron chi connectivity index (χ3n) is 2.59. The van der Waals surface area contributed by atoms with Gasteiger partial charge >= 0.3 is 0 Å². The number of halogens is 1. The minimum absolute atomic E-state index is 0. The molecule has 0 radical (unpaired) electrons. The molecule has 2 aliphatic rings. The molecule has 0 bridgehead atoms. The minimum Gasteiger partial charge on any atom is -1.00 e. The first-order valence-corrected chi connectivity index (χ1v) is 5.58. The summed E-state index contributed by atoms with van der Waals surface area (Å²) < 4.78 is 0. The zero-order chi connectivity index (χ0) is 8.67. The molecule has 4 heteroatoms. The van der Waals surface area contributed by atoms with Gasteiger partial charge < -0.3 is 17.7 Å². The zero-order valence-electron chi connectivity index (χ0n) is 7.61. The van der Waals surface area contributed by atoms with Crippen LogP contribution in [0.2, 0.25) is 0 Å². The number of hydrogen-bond donors (Lipinski definition) is 1. The van der Waals surface area contributed by atoms with Crippen LogP contribution in [0.3, 0.4) is 0 Å². The number of quaternary nitrogens is 1. The molecule has 1 aromatic rings. The van der Waals surface area contributed by atoms with E-state index in [0.717, 1.165) is 12.4 Å². The van der Waals surface area contributed by atoms with Crippen molar-refractivity contribution in [1.82, 2.24) is 0 Å². The maximum Gasteiger partial charge on any atom is 0.131 e. The number of thioether (sulfide) groups is 1. The number of benzene rings is 1. The third-order valence-corrected chi connectivity index (χ3v) is 3.75. The Balaban J connectivity index is 0.000000750. The molecule has 1 saturated heterocycles. The summed E-state index contributed by atoms with van der Waals surface area (Å²) in [6.45, 7) is 0.966. The summed E-state index contributed by atoms with van der Waals surface area (Å²) >= 11 is 2.00. The normalized spacial score (nSPS) is 23.1. The van der Waals surface area contributed by atoms with Crippen molar-refractivity contribution in [1.29, 1.82) is 0 Å². The minimum atomic E-state index is 0. The van der Waals surface area contributed by atoms with Gasteiger partial charge in [-0.15, -0.1) is 0 Å². The number of fused-ring (bicyclic) bond motifs is 2. The van der Waals surface area contributed by atoms with Crippen LogP contribution in [0.1, 0.15) is 0 Å². The number of hydrogen-bond acceptors (Lipinski definition) is 2. The Morgan fingerprint density at radius 1 is 1.36 bits per heavy atom. The smallest absolute Gasteiger partial charge is 0.131 e. The van der Waals surface area contributed by atoms with Crippen molar-refractivity contribution < 1.29 is 17.7 Å². The van der Waals surface area contributed by atoms with E-state index in [9.17, 15) is 0 Å². The van der Waals surface area contributed by atoms with Gasteiger partial charge in [-0.05, 0) is 12.1 Å². The maximum absolute atomic E-state index is 4.57. The SMILES string of the molecule is [Cl-].c1ccc2c(c1)=NCC1SC[NH2+]C=21. The van der Waals surface area contributed by atoms with Crippen molar-refractivity contribution in [2.75, 3.05) is 12.4 Å². The lowest BCUT2D eigenvalue weighted by atomic mass is 10.1. The first-order valence-electron chi connectivity index (χ1n) is 4.54. The first kappa shape index (κ1) is 10.0. The lowest BCUT2D eigenvalue weighted by molar-refractivity contribution is -0.540. The van der Waals surface area contributed by atoms with Gasteiger partial charge in [-0.3, -0.25) is 4.99 Å². The quantitative estimate of drug-likeness (QED) is 0.481. The fourth-order valence-electron chi connectivity index (χ4n) is 1.95. The van der Waals surface area contributed by atoms with E-state index in [-0.39, 0.29) is 12.4 Å². The topological polar surface area (TPSA) is 29.0 Å². The average molecular weight is 227 g/mol. The van der Waals surface area contributed by atoms with Gasteiger partial charge in [0.15, 0.2) is 0 Å². The van der Waals surface area contributed by atoms with E-state index in [1.807, 2.05) is 11.8 Å². The van der Waals surface area contributed by atoms with Crippen LogP contribution in [-0.2, 0) is 0 Å². The highest BCUT2D eigenvalue weighted by Gasteiger charge is 2.28. The van der Waals surface area contributed by atoms with Crippen molar-refractivity contribution in [3.8, 4) is 0 Å². The van der Waals surface area contributed by atoms with Crippen LogP contribution in [0.5, 0.6) is 0 Å². The third kappa shape index (κ3) is 1.45. The molecule has 2 N–H and O–H groups in total. The molecule has 2 aliphatic heterocycles. The molecule has 0 aromatic heterocycles. The molecule has 1 aromatic carbocycles. The van der Waals surface area contributed by atoms with Crippen LogP contribution < -0.4 is 28.3 Å². The van der Waals surface area contributed by atoms with E-state index in [4.69, 9.17) is 0 Å². The van der Waals surface area contributed by atoms with Crippen LogP contribution in [0.25, 0.3) is 5.70 Å². The molecule has 14 heavy (non-hydrogen) atoms. The lowest BCUT2D eigenvalue weighted by Gasteiger charge is -2.08. The van der Waals surface area contributed by atoms with Gasteiger partial charge in [-0.2, -0.15) is 0 Å². The van der Waals surface area contributed by atoms with E-state index in [2.05, 4.69) is 34.6 Å². The summed E-state index contributed by atoms with van der Waals surface area (Å²) in [6, 6.07) is 8.45.